The van der Waals surface area contributed by atoms with E-state index in [-0.39, 0.29) is 11.5 Å². The smallest absolute Gasteiger partial charge is 0.126 e. The summed E-state index contributed by atoms with van der Waals surface area (Å²) in [5.41, 5.74) is 3.56. The van der Waals surface area contributed by atoms with E-state index in [1.807, 2.05) is 24.3 Å². The van der Waals surface area contributed by atoms with E-state index in [1.165, 1.54) is 0 Å². The monoisotopic (exact) mass is 481 g/mol. The van der Waals surface area contributed by atoms with E-state index < -0.39 is 0 Å². The molecule has 0 unspecified atom stereocenters. The Balaban J connectivity index is 1.61. The number of anilines is 2. The van der Waals surface area contributed by atoms with Crippen LogP contribution in [0.25, 0.3) is 0 Å². The van der Waals surface area contributed by atoms with Gasteiger partial charge in [-0.15, -0.1) is 0 Å². The lowest BCUT2D eigenvalue weighted by atomic mass is 10.2. The van der Waals surface area contributed by atoms with Crippen molar-refractivity contribution in [3.63, 3.8) is 0 Å². The van der Waals surface area contributed by atoms with Crippen molar-refractivity contribution >= 4 is 23.8 Å². The van der Waals surface area contributed by atoms with Gasteiger partial charge >= 0.3 is 0 Å². The SMILES string of the molecule is CCN(CC)c1ccc(C=NCCCNCCCN=Cc2ccc(N(CC)CC)cc2O)c(O)c1. The topological polar surface area (TPSA) is 83.7 Å². The number of hydrogen-bond donors (Lipinski definition) is 3. The van der Waals surface area contributed by atoms with E-state index in [0.29, 0.717) is 13.1 Å². The van der Waals surface area contributed by atoms with Gasteiger partial charge in [0.2, 0.25) is 0 Å². The molecule has 0 aliphatic rings. The second-order valence-electron chi connectivity index (χ2n) is 8.36. The Bertz CT molecular complexity index is 861. The van der Waals surface area contributed by atoms with Crippen molar-refractivity contribution in [2.75, 3.05) is 62.2 Å². The lowest BCUT2D eigenvalue weighted by Gasteiger charge is -2.21. The molecule has 0 saturated carbocycles. The molecule has 0 aromatic heterocycles. The van der Waals surface area contributed by atoms with Crippen molar-refractivity contribution in [2.24, 2.45) is 9.98 Å². The molecule has 2 aromatic carbocycles. The van der Waals surface area contributed by atoms with Crippen LogP contribution >= 0.6 is 0 Å². The lowest BCUT2D eigenvalue weighted by Crippen LogP contribution is -2.21. The predicted molar refractivity (Wildman–Crippen MR) is 150 cm³/mol. The third-order valence-corrected chi connectivity index (χ3v) is 6.03. The van der Waals surface area contributed by atoms with Crippen molar-refractivity contribution in [1.82, 2.24) is 5.32 Å². The van der Waals surface area contributed by atoms with Crippen LogP contribution in [0.15, 0.2) is 46.4 Å². The quantitative estimate of drug-likeness (QED) is 0.239. The molecule has 0 fully saturated rings. The van der Waals surface area contributed by atoms with Gasteiger partial charge in [0.15, 0.2) is 0 Å². The summed E-state index contributed by atoms with van der Waals surface area (Å²) in [6.45, 7) is 15.3. The highest BCUT2D eigenvalue weighted by atomic mass is 16.3. The summed E-state index contributed by atoms with van der Waals surface area (Å²) >= 11 is 0. The van der Waals surface area contributed by atoms with Crippen molar-refractivity contribution in [3.05, 3.63) is 47.5 Å². The molecule has 0 radical (unpaired) electrons. The average Bonchev–Trinajstić information content (AvgIpc) is 2.86. The first-order valence-electron chi connectivity index (χ1n) is 12.9. The molecule has 35 heavy (non-hydrogen) atoms. The van der Waals surface area contributed by atoms with Crippen LogP contribution in [0.3, 0.4) is 0 Å². The van der Waals surface area contributed by atoms with Gasteiger partial charge in [-0.25, -0.2) is 0 Å². The first-order chi connectivity index (χ1) is 17.0. The largest absolute Gasteiger partial charge is 0.507 e. The number of rotatable bonds is 16. The third-order valence-electron chi connectivity index (χ3n) is 6.03. The summed E-state index contributed by atoms with van der Waals surface area (Å²) in [5.74, 6) is 0.537. The van der Waals surface area contributed by atoms with Crippen molar-refractivity contribution in [3.8, 4) is 11.5 Å². The molecule has 2 aromatic rings. The molecule has 7 nitrogen and oxygen atoms in total. The van der Waals surface area contributed by atoms with Crippen molar-refractivity contribution in [1.29, 1.82) is 0 Å². The first-order valence-corrected chi connectivity index (χ1v) is 12.9. The van der Waals surface area contributed by atoms with E-state index in [0.717, 1.165) is 74.6 Å². The minimum absolute atomic E-state index is 0.269. The van der Waals surface area contributed by atoms with Gasteiger partial charge in [-0.3, -0.25) is 9.98 Å². The number of aromatic hydroxyl groups is 2. The first kappa shape index (κ1) is 28.2. The fraction of sp³-hybridized carbons (Fsp3) is 0.500. The molecule has 0 atom stereocenters. The minimum Gasteiger partial charge on any atom is -0.507 e. The molecule has 3 N–H and O–H groups in total. The Morgan fingerprint density at radius 2 is 1.09 bits per heavy atom. The Morgan fingerprint density at radius 1 is 0.686 bits per heavy atom. The number of benzene rings is 2. The second-order valence-corrected chi connectivity index (χ2v) is 8.36. The highest BCUT2D eigenvalue weighted by molar-refractivity contribution is 5.85. The number of phenolic OH excluding ortho intramolecular Hbond substituents is 2. The molecule has 0 aliphatic heterocycles. The Hall–Kier alpha value is -3.06. The van der Waals surface area contributed by atoms with Crippen LogP contribution in [0.5, 0.6) is 11.5 Å². The van der Waals surface area contributed by atoms with Crippen molar-refractivity contribution in [2.45, 2.75) is 40.5 Å². The van der Waals surface area contributed by atoms with Gasteiger partial charge in [-0.05, 0) is 77.9 Å². The Labute approximate surface area is 211 Å². The van der Waals surface area contributed by atoms with Crippen LogP contribution < -0.4 is 15.1 Å². The highest BCUT2D eigenvalue weighted by Gasteiger charge is 2.06. The zero-order valence-corrected chi connectivity index (χ0v) is 21.9. The van der Waals surface area contributed by atoms with E-state index in [2.05, 4.69) is 52.8 Å². The molecule has 0 spiro atoms. The van der Waals surface area contributed by atoms with Crippen LogP contribution in [-0.4, -0.2) is 75.0 Å². The Kier molecular flexibility index (Phi) is 12.7. The van der Waals surface area contributed by atoms with Gasteiger partial charge in [0.1, 0.15) is 11.5 Å². The molecule has 0 saturated heterocycles. The number of nitrogens with zero attached hydrogens (tertiary/aromatic N) is 4. The third kappa shape index (κ3) is 9.25. The summed E-state index contributed by atoms with van der Waals surface area (Å²) in [6, 6.07) is 11.5. The second kappa shape index (κ2) is 15.8. The molecule has 0 aliphatic carbocycles. The molecule has 192 valence electrons. The zero-order valence-electron chi connectivity index (χ0n) is 21.9. The van der Waals surface area contributed by atoms with E-state index in [4.69, 9.17) is 0 Å². The van der Waals surface area contributed by atoms with Gasteiger partial charge in [0, 0.05) is 86.3 Å². The number of aliphatic imine (C=N–C) groups is 2. The van der Waals surface area contributed by atoms with Gasteiger partial charge in [0.25, 0.3) is 0 Å². The van der Waals surface area contributed by atoms with E-state index in [1.54, 1.807) is 24.6 Å². The normalized spacial score (nSPS) is 11.5. The summed E-state index contributed by atoms with van der Waals surface area (Å²) in [7, 11) is 0. The molecule has 0 heterocycles. The zero-order chi connectivity index (χ0) is 25.5. The summed E-state index contributed by atoms with van der Waals surface area (Å²) in [6.07, 6.45) is 5.37. The van der Waals surface area contributed by atoms with E-state index >= 15 is 0 Å². The highest BCUT2D eigenvalue weighted by Crippen LogP contribution is 2.24. The van der Waals surface area contributed by atoms with Crippen LogP contribution in [0.2, 0.25) is 0 Å². The molecular formula is C28H43N5O2. The number of phenols is 2. The van der Waals surface area contributed by atoms with E-state index in [9.17, 15) is 10.2 Å². The fourth-order valence-electron chi connectivity index (χ4n) is 3.89. The minimum atomic E-state index is 0.269. The van der Waals surface area contributed by atoms with Gasteiger partial charge < -0.3 is 25.3 Å². The van der Waals surface area contributed by atoms with Gasteiger partial charge in [-0.1, -0.05) is 0 Å². The lowest BCUT2D eigenvalue weighted by molar-refractivity contribution is 0.474. The molecular weight excluding hydrogens is 438 g/mol. The van der Waals surface area contributed by atoms with Crippen LogP contribution in [0.1, 0.15) is 51.7 Å². The molecule has 0 bridgehead atoms. The van der Waals surface area contributed by atoms with Crippen molar-refractivity contribution < 1.29 is 10.2 Å². The molecule has 0 amide bonds. The fourth-order valence-corrected chi connectivity index (χ4v) is 3.89. The number of hydrogen-bond acceptors (Lipinski definition) is 7. The van der Waals surface area contributed by atoms with Crippen LogP contribution in [-0.2, 0) is 0 Å². The summed E-state index contributed by atoms with van der Waals surface area (Å²) in [4.78, 5) is 13.3. The predicted octanol–water partition coefficient (Wildman–Crippen LogP) is 4.70. The molecule has 7 heteroatoms. The number of nitrogens with one attached hydrogen (secondary N) is 1. The summed E-state index contributed by atoms with van der Waals surface area (Å²) < 4.78 is 0. The maximum Gasteiger partial charge on any atom is 0.126 e. The summed E-state index contributed by atoms with van der Waals surface area (Å²) in [5, 5.41) is 23.9. The van der Waals surface area contributed by atoms with Crippen LogP contribution in [0, 0.1) is 0 Å². The van der Waals surface area contributed by atoms with Gasteiger partial charge in [-0.2, -0.15) is 0 Å². The maximum atomic E-state index is 10.3. The Morgan fingerprint density at radius 3 is 1.43 bits per heavy atom. The van der Waals surface area contributed by atoms with Crippen LogP contribution in [0.4, 0.5) is 11.4 Å². The standard InChI is InChI=1S/C28H43N5O2/c1-5-32(6-2)25-13-11-23(27(34)19-25)21-30-17-9-15-29-16-10-18-31-22-24-12-14-26(20-28(24)35)33(7-3)8-4/h11-14,19-22,29,34-35H,5-10,15-18H2,1-4H3. The maximum absolute atomic E-state index is 10.3. The average molecular weight is 482 g/mol. The van der Waals surface area contributed by atoms with Gasteiger partial charge in [0.05, 0.1) is 0 Å². The molecule has 2 rings (SSSR count).